The number of carboxylic acid groups (broad SMARTS) is 1. The molecule has 0 saturated carbocycles. The summed E-state index contributed by atoms with van der Waals surface area (Å²) in [5, 5.41) is 8.91. The first-order valence-electron chi connectivity index (χ1n) is 4.89. The first kappa shape index (κ1) is 9.98. The van der Waals surface area contributed by atoms with Gasteiger partial charge in [-0.15, -0.1) is 0 Å². The minimum atomic E-state index is -0.940. The number of nitrogens with zero attached hydrogens (tertiary/aromatic N) is 1. The standard InChI is InChI=1S/C11H14N2O2/c1-13-6-8(10(12)11(14)15)7-4-2-3-5-9(7)13/h2-5,8,10H,6,12H2,1H3,(H,14,15). The third-order valence-corrected chi connectivity index (χ3v) is 2.94. The molecule has 3 N–H and O–H groups in total. The number of hydrogen-bond acceptors (Lipinski definition) is 3. The van der Waals surface area contributed by atoms with E-state index in [1.54, 1.807) is 0 Å². The first-order chi connectivity index (χ1) is 7.11. The van der Waals surface area contributed by atoms with Crippen LogP contribution in [0.15, 0.2) is 24.3 Å². The molecule has 0 aromatic heterocycles. The van der Waals surface area contributed by atoms with Crippen molar-refractivity contribution in [2.45, 2.75) is 12.0 Å². The van der Waals surface area contributed by atoms with Gasteiger partial charge in [0.15, 0.2) is 0 Å². The molecule has 15 heavy (non-hydrogen) atoms. The van der Waals surface area contributed by atoms with Crippen LogP contribution in [0.1, 0.15) is 11.5 Å². The second kappa shape index (κ2) is 3.55. The lowest BCUT2D eigenvalue weighted by molar-refractivity contribution is -0.139. The number of fused-ring (bicyclic) bond motifs is 1. The lowest BCUT2D eigenvalue weighted by Crippen LogP contribution is -2.38. The number of carbonyl (C=O) groups is 1. The van der Waals surface area contributed by atoms with Crippen molar-refractivity contribution in [1.29, 1.82) is 0 Å². The van der Waals surface area contributed by atoms with E-state index in [0.717, 1.165) is 11.3 Å². The summed E-state index contributed by atoms with van der Waals surface area (Å²) in [6.45, 7) is 0.673. The van der Waals surface area contributed by atoms with Crippen molar-refractivity contribution in [3.63, 3.8) is 0 Å². The van der Waals surface area contributed by atoms with E-state index in [1.807, 2.05) is 36.2 Å². The summed E-state index contributed by atoms with van der Waals surface area (Å²) in [6, 6.07) is 6.98. The summed E-state index contributed by atoms with van der Waals surface area (Å²) in [7, 11) is 1.95. The molecule has 2 unspecified atom stereocenters. The molecule has 0 radical (unpaired) electrons. The van der Waals surface area contributed by atoms with Crippen molar-refractivity contribution in [3.05, 3.63) is 29.8 Å². The fraction of sp³-hybridized carbons (Fsp3) is 0.364. The molecule has 2 atom stereocenters. The number of nitrogens with two attached hydrogens (primary N) is 1. The van der Waals surface area contributed by atoms with Gasteiger partial charge in [0.25, 0.3) is 0 Å². The Labute approximate surface area is 88.3 Å². The predicted octanol–water partition coefficient (Wildman–Crippen LogP) is 0.632. The molecule has 0 bridgehead atoms. The summed E-state index contributed by atoms with van der Waals surface area (Å²) < 4.78 is 0. The Morgan fingerprint density at radius 1 is 1.60 bits per heavy atom. The Hall–Kier alpha value is -1.55. The van der Waals surface area contributed by atoms with Crippen LogP contribution in [0.5, 0.6) is 0 Å². The lowest BCUT2D eigenvalue weighted by Gasteiger charge is -2.16. The zero-order valence-corrected chi connectivity index (χ0v) is 8.55. The topological polar surface area (TPSA) is 66.6 Å². The van der Waals surface area contributed by atoms with Gasteiger partial charge in [-0.1, -0.05) is 18.2 Å². The molecule has 0 aliphatic carbocycles. The average Bonchev–Trinajstić information content (AvgIpc) is 2.56. The first-order valence-corrected chi connectivity index (χ1v) is 4.89. The molecule has 80 valence electrons. The van der Waals surface area contributed by atoms with Crippen LogP contribution in [0.3, 0.4) is 0 Å². The Morgan fingerprint density at radius 2 is 2.27 bits per heavy atom. The van der Waals surface area contributed by atoms with Gasteiger partial charge in [-0.2, -0.15) is 0 Å². The van der Waals surface area contributed by atoms with Crippen molar-refractivity contribution < 1.29 is 9.90 Å². The van der Waals surface area contributed by atoms with Gasteiger partial charge in [0, 0.05) is 25.2 Å². The smallest absolute Gasteiger partial charge is 0.321 e. The molecule has 1 aromatic carbocycles. The van der Waals surface area contributed by atoms with E-state index in [1.165, 1.54) is 0 Å². The number of likely N-dealkylation sites (N-methyl/N-ethyl adjacent to an activating group) is 1. The van der Waals surface area contributed by atoms with Gasteiger partial charge < -0.3 is 15.7 Å². The van der Waals surface area contributed by atoms with Gasteiger partial charge >= 0.3 is 5.97 Å². The van der Waals surface area contributed by atoms with Crippen molar-refractivity contribution in [3.8, 4) is 0 Å². The zero-order valence-electron chi connectivity index (χ0n) is 8.55. The highest BCUT2D eigenvalue weighted by Gasteiger charge is 2.33. The molecule has 1 heterocycles. The van der Waals surface area contributed by atoms with Crippen LogP contribution >= 0.6 is 0 Å². The minimum Gasteiger partial charge on any atom is -0.480 e. The molecular weight excluding hydrogens is 192 g/mol. The predicted molar refractivity (Wildman–Crippen MR) is 58.1 cm³/mol. The monoisotopic (exact) mass is 206 g/mol. The second-order valence-corrected chi connectivity index (χ2v) is 3.91. The third-order valence-electron chi connectivity index (χ3n) is 2.94. The van der Waals surface area contributed by atoms with Crippen LogP contribution < -0.4 is 10.6 Å². The summed E-state index contributed by atoms with van der Waals surface area (Å²) in [5.74, 6) is -1.05. The molecule has 0 spiro atoms. The van der Waals surface area contributed by atoms with Crippen molar-refractivity contribution in [1.82, 2.24) is 0 Å². The van der Waals surface area contributed by atoms with E-state index < -0.39 is 12.0 Å². The summed E-state index contributed by atoms with van der Waals surface area (Å²) in [6.07, 6.45) is 0. The Morgan fingerprint density at radius 3 is 2.93 bits per heavy atom. The van der Waals surface area contributed by atoms with Crippen LogP contribution in [-0.4, -0.2) is 30.7 Å². The maximum Gasteiger partial charge on any atom is 0.321 e. The van der Waals surface area contributed by atoms with E-state index >= 15 is 0 Å². The molecule has 1 aromatic rings. The third kappa shape index (κ3) is 1.57. The molecule has 1 aliphatic heterocycles. The molecule has 4 nitrogen and oxygen atoms in total. The summed E-state index contributed by atoms with van der Waals surface area (Å²) in [4.78, 5) is 12.9. The summed E-state index contributed by atoms with van der Waals surface area (Å²) >= 11 is 0. The number of carboxylic acids is 1. The average molecular weight is 206 g/mol. The highest BCUT2D eigenvalue weighted by molar-refractivity contribution is 5.77. The fourth-order valence-corrected chi connectivity index (χ4v) is 2.12. The van der Waals surface area contributed by atoms with Crippen LogP contribution in [0.25, 0.3) is 0 Å². The Kier molecular flexibility index (Phi) is 2.36. The van der Waals surface area contributed by atoms with Crippen LogP contribution in [0.2, 0.25) is 0 Å². The number of benzene rings is 1. The zero-order chi connectivity index (χ0) is 11.0. The number of aliphatic carboxylic acids is 1. The van der Waals surface area contributed by atoms with Gasteiger partial charge in [-0.3, -0.25) is 4.79 Å². The quantitative estimate of drug-likeness (QED) is 0.745. The highest BCUT2D eigenvalue weighted by atomic mass is 16.4. The maximum absolute atomic E-state index is 10.9. The van der Waals surface area contributed by atoms with Crippen molar-refractivity contribution >= 4 is 11.7 Å². The van der Waals surface area contributed by atoms with Gasteiger partial charge in [-0.25, -0.2) is 0 Å². The van der Waals surface area contributed by atoms with Crippen LogP contribution in [0, 0.1) is 0 Å². The second-order valence-electron chi connectivity index (χ2n) is 3.91. The molecule has 2 rings (SSSR count). The SMILES string of the molecule is CN1CC(C(N)C(=O)O)c2ccccc21. The Balaban J connectivity index is 2.36. The van der Waals surface area contributed by atoms with Gasteiger partial charge in [-0.05, 0) is 11.6 Å². The Bertz CT molecular complexity index is 392. The molecule has 4 heteroatoms. The van der Waals surface area contributed by atoms with Gasteiger partial charge in [0.05, 0.1) is 0 Å². The fourth-order valence-electron chi connectivity index (χ4n) is 2.12. The lowest BCUT2D eigenvalue weighted by atomic mass is 9.94. The minimum absolute atomic E-state index is 0.108. The van der Waals surface area contributed by atoms with Crippen LogP contribution in [0.4, 0.5) is 5.69 Å². The highest BCUT2D eigenvalue weighted by Crippen LogP contribution is 2.36. The van der Waals surface area contributed by atoms with E-state index in [0.29, 0.717) is 6.54 Å². The maximum atomic E-state index is 10.9. The molecule has 0 fully saturated rings. The van der Waals surface area contributed by atoms with Gasteiger partial charge in [0.1, 0.15) is 6.04 Å². The van der Waals surface area contributed by atoms with Gasteiger partial charge in [0.2, 0.25) is 0 Å². The molecule has 0 saturated heterocycles. The largest absolute Gasteiger partial charge is 0.480 e. The van der Waals surface area contributed by atoms with E-state index in [2.05, 4.69) is 0 Å². The number of para-hydroxylation sites is 1. The van der Waals surface area contributed by atoms with E-state index in [-0.39, 0.29) is 5.92 Å². The molecule has 0 amide bonds. The van der Waals surface area contributed by atoms with Crippen molar-refractivity contribution in [2.75, 3.05) is 18.5 Å². The van der Waals surface area contributed by atoms with Crippen LogP contribution in [-0.2, 0) is 4.79 Å². The number of hydrogen-bond donors (Lipinski definition) is 2. The van der Waals surface area contributed by atoms with Crippen molar-refractivity contribution in [2.24, 2.45) is 5.73 Å². The molecule has 1 aliphatic rings. The molecular formula is C11H14N2O2. The number of rotatable bonds is 2. The number of anilines is 1. The normalized spacial score (nSPS) is 21.2. The van der Waals surface area contributed by atoms with E-state index in [9.17, 15) is 4.79 Å². The summed E-state index contributed by atoms with van der Waals surface area (Å²) in [5.41, 5.74) is 7.79. The van der Waals surface area contributed by atoms with E-state index in [4.69, 9.17) is 10.8 Å².